The van der Waals surface area contributed by atoms with E-state index in [2.05, 4.69) is 19.0 Å². The van der Waals surface area contributed by atoms with Crippen LogP contribution < -0.4 is 5.14 Å². The number of thiol groups is 1. The van der Waals surface area contributed by atoms with E-state index in [4.69, 9.17) is 8.42 Å². The lowest BCUT2D eigenvalue weighted by atomic mass is 9.78. The van der Waals surface area contributed by atoms with Gasteiger partial charge in [-0.3, -0.25) is 0 Å². The highest BCUT2D eigenvalue weighted by Crippen LogP contribution is 2.34. The fourth-order valence-electron chi connectivity index (χ4n) is 1.51. The van der Waals surface area contributed by atoms with Crippen molar-refractivity contribution in [3.63, 3.8) is 0 Å². The van der Waals surface area contributed by atoms with Gasteiger partial charge in [-0.05, 0) is 18.3 Å². The zero-order valence-electron chi connectivity index (χ0n) is 7.88. The summed E-state index contributed by atoms with van der Waals surface area (Å²) in [7, 11) is -2.62. The molecule has 3 nitrogen and oxygen atoms in total. The number of hydrogen-bond acceptors (Lipinski definition) is 2. The van der Waals surface area contributed by atoms with E-state index < -0.39 is 10.9 Å². The summed E-state index contributed by atoms with van der Waals surface area (Å²) in [4.78, 5) is 0. The summed E-state index contributed by atoms with van der Waals surface area (Å²) in [5.74, 6) is 0. The van der Waals surface area contributed by atoms with E-state index in [1.54, 1.807) is 0 Å². The van der Waals surface area contributed by atoms with Gasteiger partial charge < -0.3 is 0 Å². The Morgan fingerprint density at radius 3 is 1.58 bits per heavy atom. The average molecular weight is 193 g/mol. The summed E-state index contributed by atoms with van der Waals surface area (Å²) in [6.07, 6.45) is 7.31. The SMILES string of the molecule is CC1(C)CCCCC1.N[SH](=O)=O. The zero-order chi connectivity index (χ0) is 9.61. The maximum Gasteiger partial charge on any atom is 0.198 e. The van der Waals surface area contributed by atoms with E-state index >= 15 is 0 Å². The quantitative estimate of drug-likeness (QED) is 0.572. The van der Waals surface area contributed by atoms with Crippen molar-refractivity contribution in [3.05, 3.63) is 0 Å². The van der Waals surface area contributed by atoms with Crippen molar-refractivity contribution in [1.29, 1.82) is 0 Å². The van der Waals surface area contributed by atoms with Crippen molar-refractivity contribution in [2.24, 2.45) is 10.6 Å². The van der Waals surface area contributed by atoms with Crippen LogP contribution in [0.3, 0.4) is 0 Å². The molecule has 0 bridgehead atoms. The Balaban J connectivity index is 0.000000261. The van der Waals surface area contributed by atoms with Crippen LogP contribution >= 0.6 is 0 Å². The molecule has 0 heterocycles. The molecule has 1 aliphatic rings. The van der Waals surface area contributed by atoms with Crippen LogP contribution in [0.5, 0.6) is 0 Å². The summed E-state index contributed by atoms with van der Waals surface area (Å²) in [6, 6.07) is 0. The highest BCUT2D eigenvalue weighted by atomic mass is 32.2. The Kier molecular flexibility index (Phi) is 5.50. The third-order valence-electron chi connectivity index (χ3n) is 2.21. The summed E-state index contributed by atoms with van der Waals surface area (Å²) >= 11 is 0. The van der Waals surface area contributed by atoms with E-state index in [9.17, 15) is 0 Å². The molecule has 12 heavy (non-hydrogen) atoms. The summed E-state index contributed by atoms with van der Waals surface area (Å²) < 4.78 is 17.6. The molecule has 74 valence electrons. The van der Waals surface area contributed by atoms with Gasteiger partial charge in [0.25, 0.3) is 0 Å². The molecule has 0 aromatic carbocycles. The van der Waals surface area contributed by atoms with Gasteiger partial charge >= 0.3 is 0 Å². The maximum atomic E-state index is 8.81. The fraction of sp³-hybridized carbons (Fsp3) is 1.00. The van der Waals surface area contributed by atoms with E-state index in [0.29, 0.717) is 5.41 Å². The molecule has 0 spiro atoms. The normalized spacial score (nSPS) is 21.3. The minimum absolute atomic E-state index is 0.679. The Bertz CT molecular complexity index is 171. The molecule has 0 aliphatic heterocycles. The highest BCUT2D eigenvalue weighted by Gasteiger charge is 2.19. The first kappa shape index (κ1) is 11.9. The van der Waals surface area contributed by atoms with Gasteiger partial charge in [-0.25, -0.2) is 13.6 Å². The standard InChI is InChI=1S/C8H16.H3NO2S/c1-8(2)6-4-3-5-7-8;1-4(2)3/h3-7H2,1-2H3;4H,(H2,1,2,3). The second-order valence-electron chi connectivity index (χ2n) is 4.01. The molecule has 0 aromatic heterocycles. The largest absolute Gasteiger partial charge is 0.231 e. The highest BCUT2D eigenvalue weighted by molar-refractivity contribution is 7.69. The van der Waals surface area contributed by atoms with Gasteiger partial charge in [0.2, 0.25) is 0 Å². The summed E-state index contributed by atoms with van der Waals surface area (Å²) in [5.41, 5.74) is 0.679. The van der Waals surface area contributed by atoms with Gasteiger partial charge in [0.1, 0.15) is 0 Å². The first-order chi connectivity index (χ1) is 5.44. The molecule has 1 fully saturated rings. The fourth-order valence-corrected chi connectivity index (χ4v) is 1.51. The molecular weight excluding hydrogens is 174 g/mol. The molecule has 1 aliphatic carbocycles. The maximum absolute atomic E-state index is 8.81. The van der Waals surface area contributed by atoms with Crippen LogP contribution in [0.1, 0.15) is 46.0 Å². The van der Waals surface area contributed by atoms with Crippen molar-refractivity contribution in [2.75, 3.05) is 0 Å². The number of hydrogen-bond donors (Lipinski definition) is 2. The lowest BCUT2D eigenvalue weighted by Crippen LogP contribution is -2.14. The zero-order valence-corrected chi connectivity index (χ0v) is 8.77. The van der Waals surface area contributed by atoms with Crippen molar-refractivity contribution in [3.8, 4) is 0 Å². The Hall–Kier alpha value is -0.0900. The topological polar surface area (TPSA) is 60.2 Å². The van der Waals surface area contributed by atoms with Crippen LogP contribution in [0, 0.1) is 5.41 Å². The van der Waals surface area contributed by atoms with Gasteiger partial charge in [-0.15, -0.1) is 0 Å². The smallest absolute Gasteiger partial charge is 0.198 e. The molecule has 0 unspecified atom stereocenters. The lowest BCUT2D eigenvalue weighted by Gasteiger charge is -2.28. The number of rotatable bonds is 0. The molecule has 1 saturated carbocycles. The summed E-state index contributed by atoms with van der Waals surface area (Å²) in [6.45, 7) is 4.76. The number of nitrogens with two attached hydrogens (primary N) is 1. The molecular formula is C8H19NO2S. The van der Waals surface area contributed by atoms with Gasteiger partial charge in [-0.2, -0.15) is 0 Å². The van der Waals surface area contributed by atoms with Crippen molar-refractivity contribution in [1.82, 2.24) is 0 Å². The summed E-state index contributed by atoms with van der Waals surface area (Å²) in [5, 5.41) is 4.06. The molecule has 0 radical (unpaired) electrons. The minimum Gasteiger partial charge on any atom is -0.231 e. The minimum atomic E-state index is -2.62. The molecule has 2 N–H and O–H groups in total. The van der Waals surface area contributed by atoms with Crippen LogP contribution in [0.4, 0.5) is 0 Å². The molecule has 0 atom stereocenters. The van der Waals surface area contributed by atoms with Crippen LogP contribution in [0.2, 0.25) is 0 Å². The van der Waals surface area contributed by atoms with Crippen LogP contribution in [0.25, 0.3) is 0 Å². The van der Waals surface area contributed by atoms with E-state index in [1.807, 2.05) is 0 Å². The van der Waals surface area contributed by atoms with Crippen LogP contribution in [-0.2, 0) is 10.9 Å². The third kappa shape index (κ3) is 8.01. The molecule has 0 saturated heterocycles. The monoisotopic (exact) mass is 193 g/mol. The van der Waals surface area contributed by atoms with Crippen molar-refractivity contribution >= 4 is 10.9 Å². The van der Waals surface area contributed by atoms with Crippen LogP contribution in [0.15, 0.2) is 0 Å². The van der Waals surface area contributed by atoms with Gasteiger partial charge in [0, 0.05) is 0 Å². The first-order valence-corrected chi connectivity index (χ1v) is 5.58. The lowest BCUT2D eigenvalue weighted by molar-refractivity contribution is 0.244. The predicted molar refractivity (Wildman–Crippen MR) is 51.4 cm³/mol. The van der Waals surface area contributed by atoms with Crippen molar-refractivity contribution in [2.45, 2.75) is 46.0 Å². The Labute approximate surface area is 76.4 Å². The molecule has 4 heteroatoms. The van der Waals surface area contributed by atoms with E-state index in [1.165, 1.54) is 32.1 Å². The second-order valence-corrected chi connectivity index (χ2v) is 4.58. The molecule has 0 aromatic rings. The molecule has 1 rings (SSSR count). The van der Waals surface area contributed by atoms with Gasteiger partial charge in [0.05, 0.1) is 0 Å². The van der Waals surface area contributed by atoms with Crippen molar-refractivity contribution < 1.29 is 8.42 Å². The van der Waals surface area contributed by atoms with E-state index in [-0.39, 0.29) is 0 Å². The second kappa shape index (κ2) is 5.54. The van der Waals surface area contributed by atoms with E-state index in [0.717, 1.165) is 0 Å². The third-order valence-corrected chi connectivity index (χ3v) is 2.21. The predicted octanol–water partition coefficient (Wildman–Crippen LogP) is 1.45. The van der Waals surface area contributed by atoms with Gasteiger partial charge in [0.15, 0.2) is 10.9 Å². The Morgan fingerprint density at radius 2 is 1.42 bits per heavy atom. The molecule has 0 amide bonds. The average Bonchev–Trinajstić information content (AvgIpc) is 1.85. The first-order valence-electron chi connectivity index (χ1n) is 4.33. The Morgan fingerprint density at radius 1 is 1.08 bits per heavy atom. The van der Waals surface area contributed by atoms with Crippen LogP contribution in [-0.4, -0.2) is 8.42 Å². The van der Waals surface area contributed by atoms with Gasteiger partial charge in [-0.1, -0.05) is 33.1 Å².